The van der Waals surface area contributed by atoms with Gasteiger partial charge in [0.2, 0.25) is 0 Å². The van der Waals surface area contributed by atoms with Gasteiger partial charge in [0.25, 0.3) is 0 Å². The third-order valence-electron chi connectivity index (χ3n) is 2.66. The van der Waals surface area contributed by atoms with Crippen LogP contribution in [-0.2, 0) is 0 Å². The highest BCUT2D eigenvalue weighted by Crippen LogP contribution is 2.36. The van der Waals surface area contributed by atoms with E-state index in [1.807, 2.05) is 17.8 Å². The fourth-order valence-corrected chi connectivity index (χ4v) is 3.68. The normalized spacial score (nSPS) is 17.9. The van der Waals surface area contributed by atoms with Gasteiger partial charge in [-0.25, -0.2) is 4.98 Å². The van der Waals surface area contributed by atoms with Crippen molar-refractivity contribution in [1.82, 2.24) is 4.98 Å². The first-order chi connectivity index (χ1) is 7.25. The lowest BCUT2D eigenvalue weighted by atomic mass is 10.0. The maximum absolute atomic E-state index is 5.66. The smallest absolute Gasteiger partial charge is 0.111 e. The van der Waals surface area contributed by atoms with E-state index in [1.165, 1.54) is 32.1 Å². The Balaban J connectivity index is 2.03. The SMILES string of the molecule is Nc1cnc(SC2CCCCC2)c(Br)c1. The van der Waals surface area contributed by atoms with E-state index in [1.54, 1.807) is 6.20 Å². The van der Waals surface area contributed by atoms with E-state index in [-0.39, 0.29) is 0 Å². The molecule has 0 radical (unpaired) electrons. The van der Waals surface area contributed by atoms with Crippen LogP contribution in [0, 0.1) is 0 Å². The van der Waals surface area contributed by atoms with E-state index in [2.05, 4.69) is 20.9 Å². The van der Waals surface area contributed by atoms with Crippen molar-refractivity contribution in [3.8, 4) is 0 Å². The van der Waals surface area contributed by atoms with Crippen molar-refractivity contribution >= 4 is 33.4 Å². The second-order valence-corrected chi connectivity index (χ2v) is 6.08. The van der Waals surface area contributed by atoms with Gasteiger partial charge in [-0.1, -0.05) is 19.3 Å². The summed E-state index contributed by atoms with van der Waals surface area (Å²) in [4.78, 5) is 4.36. The first-order valence-corrected chi connectivity index (χ1v) is 7.00. The standard InChI is InChI=1S/C11H15BrN2S/c12-10-6-8(13)7-14-11(10)15-9-4-2-1-3-5-9/h6-7,9H,1-5,13H2. The number of halogens is 1. The molecule has 0 aromatic carbocycles. The van der Waals surface area contributed by atoms with Crippen molar-refractivity contribution in [2.75, 3.05) is 5.73 Å². The summed E-state index contributed by atoms with van der Waals surface area (Å²) in [7, 11) is 0. The topological polar surface area (TPSA) is 38.9 Å². The number of pyridine rings is 1. The average Bonchev–Trinajstić information content (AvgIpc) is 2.24. The van der Waals surface area contributed by atoms with E-state index >= 15 is 0 Å². The summed E-state index contributed by atoms with van der Waals surface area (Å²) in [5.41, 5.74) is 6.38. The summed E-state index contributed by atoms with van der Waals surface area (Å²) in [5, 5.41) is 1.82. The van der Waals surface area contributed by atoms with Crippen molar-refractivity contribution in [3.63, 3.8) is 0 Å². The lowest BCUT2D eigenvalue weighted by Crippen LogP contribution is -2.08. The lowest BCUT2D eigenvalue weighted by Gasteiger charge is -2.20. The highest BCUT2D eigenvalue weighted by Gasteiger charge is 2.16. The average molecular weight is 287 g/mol. The van der Waals surface area contributed by atoms with Gasteiger partial charge in [0.05, 0.1) is 16.4 Å². The van der Waals surface area contributed by atoms with E-state index in [0.717, 1.165) is 20.4 Å². The maximum atomic E-state index is 5.66. The number of hydrogen-bond donors (Lipinski definition) is 1. The van der Waals surface area contributed by atoms with Crippen LogP contribution in [0.2, 0.25) is 0 Å². The van der Waals surface area contributed by atoms with Gasteiger partial charge in [0.1, 0.15) is 5.03 Å². The molecule has 0 spiro atoms. The Morgan fingerprint density at radius 2 is 2.07 bits per heavy atom. The second kappa shape index (κ2) is 5.21. The highest BCUT2D eigenvalue weighted by atomic mass is 79.9. The van der Waals surface area contributed by atoms with E-state index in [4.69, 9.17) is 5.73 Å². The third-order valence-corrected chi connectivity index (χ3v) is 4.88. The number of aromatic nitrogens is 1. The van der Waals surface area contributed by atoms with Gasteiger partial charge < -0.3 is 5.73 Å². The highest BCUT2D eigenvalue weighted by molar-refractivity contribution is 9.10. The molecule has 15 heavy (non-hydrogen) atoms. The molecule has 4 heteroatoms. The summed E-state index contributed by atoms with van der Waals surface area (Å²) < 4.78 is 1.03. The van der Waals surface area contributed by atoms with E-state index < -0.39 is 0 Å². The number of rotatable bonds is 2. The third kappa shape index (κ3) is 3.11. The molecule has 82 valence electrons. The molecule has 0 unspecified atom stereocenters. The first kappa shape index (κ1) is 11.3. The molecule has 0 bridgehead atoms. The maximum Gasteiger partial charge on any atom is 0.111 e. The Kier molecular flexibility index (Phi) is 3.92. The molecule has 1 aromatic rings. The number of anilines is 1. The molecule has 0 aliphatic heterocycles. The van der Waals surface area contributed by atoms with Gasteiger partial charge in [0.15, 0.2) is 0 Å². The molecule has 1 aliphatic carbocycles. The summed E-state index contributed by atoms with van der Waals surface area (Å²) in [6, 6.07) is 1.93. The summed E-state index contributed by atoms with van der Waals surface area (Å²) >= 11 is 5.40. The number of hydrogen-bond acceptors (Lipinski definition) is 3. The van der Waals surface area contributed by atoms with E-state index in [0.29, 0.717) is 0 Å². The molecule has 1 aliphatic rings. The van der Waals surface area contributed by atoms with Crippen molar-refractivity contribution in [2.45, 2.75) is 42.4 Å². The number of nitrogen functional groups attached to an aromatic ring is 1. The van der Waals surface area contributed by atoms with Gasteiger partial charge in [-0.05, 0) is 34.8 Å². The van der Waals surface area contributed by atoms with Crippen LogP contribution in [0.4, 0.5) is 5.69 Å². The van der Waals surface area contributed by atoms with Crippen LogP contribution in [-0.4, -0.2) is 10.2 Å². The molecular formula is C11H15BrN2S. The van der Waals surface area contributed by atoms with Crippen LogP contribution in [0.3, 0.4) is 0 Å². The van der Waals surface area contributed by atoms with Crippen LogP contribution < -0.4 is 5.73 Å². The predicted molar refractivity (Wildman–Crippen MR) is 69.1 cm³/mol. The number of nitrogens with zero attached hydrogens (tertiary/aromatic N) is 1. The lowest BCUT2D eigenvalue weighted by molar-refractivity contribution is 0.515. The van der Waals surface area contributed by atoms with Gasteiger partial charge in [0, 0.05) is 5.25 Å². The molecule has 1 saturated carbocycles. The molecule has 1 heterocycles. The summed E-state index contributed by atoms with van der Waals surface area (Å²) in [5.74, 6) is 0. The minimum absolute atomic E-state index is 0.717. The van der Waals surface area contributed by atoms with Crippen molar-refractivity contribution in [3.05, 3.63) is 16.7 Å². The second-order valence-electron chi connectivity index (χ2n) is 3.93. The number of thioether (sulfide) groups is 1. The largest absolute Gasteiger partial charge is 0.397 e. The molecule has 2 N–H and O–H groups in total. The monoisotopic (exact) mass is 286 g/mol. The fraction of sp³-hybridized carbons (Fsp3) is 0.545. The molecule has 1 aromatic heterocycles. The molecule has 0 amide bonds. The van der Waals surface area contributed by atoms with Crippen LogP contribution in [0.5, 0.6) is 0 Å². The zero-order valence-electron chi connectivity index (χ0n) is 8.58. The van der Waals surface area contributed by atoms with Gasteiger partial charge >= 0.3 is 0 Å². The van der Waals surface area contributed by atoms with Crippen molar-refractivity contribution in [2.24, 2.45) is 0 Å². The Morgan fingerprint density at radius 1 is 1.33 bits per heavy atom. The minimum Gasteiger partial charge on any atom is -0.397 e. The Bertz CT molecular complexity index is 337. The number of nitrogens with two attached hydrogens (primary N) is 1. The Morgan fingerprint density at radius 3 is 2.73 bits per heavy atom. The summed E-state index contributed by atoms with van der Waals surface area (Å²) in [6.07, 6.45) is 8.50. The van der Waals surface area contributed by atoms with Gasteiger partial charge in [-0.2, -0.15) is 0 Å². The first-order valence-electron chi connectivity index (χ1n) is 5.33. The van der Waals surface area contributed by atoms with Crippen LogP contribution in [0.1, 0.15) is 32.1 Å². The molecule has 2 rings (SSSR count). The van der Waals surface area contributed by atoms with Crippen LogP contribution in [0.15, 0.2) is 21.8 Å². The van der Waals surface area contributed by atoms with Crippen molar-refractivity contribution < 1.29 is 0 Å². The van der Waals surface area contributed by atoms with Crippen LogP contribution in [0.25, 0.3) is 0 Å². The molecule has 1 fully saturated rings. The van der Waals surface area contributed by atoms with Crippen molar-refractivity contribution in [1.29, 1.82) is 0 Å². The predicted octanol–water partition coefficient (Wildman–Crippen LogP) is 3.85. The molecule has 0 atom stereocenters. The fourth-order valence-electron chi connectivity index (χ4n) is 1.87. The molecule has 2 nitrogen and oxygen atoms in total. The zero-order chi connectivity index (χ0) is 10.7. The zero-order valence-corrected chi connectivity index (χ0v) is 11.0. The quantitative estimate of drug-likeness (QED) is 0.898. The van der Waals surface area contributed by atoms with Gasteiger partial charge in [-0.15, -0.1) is 11.8 Å². The van der Waals surface area contributed by atoms with Crippen LogP contribution >= 0.6 is 27.7 Å². The molecule has 0 saturated heterocycles. The Labute approximate surface area is 103 Å². The molecular weight excluding hydrogens is 272 g/mol. The van der Waals surface area contributed by atoms with Gasteiger partial charge in [-0.3, -0.25) is 0 Å². The summed E-state index contributed by atoms with van der Waals surface area (Å²) in [6.45, 7) is 0. The van der Waals surface area contributed by atoms with E-state index in [9.17, 15) is 0 Å². The Hall–Kier alpha value is -0.220. The minimum atomic E-state index is 0.717.